The minimum absolute atomic E-state index is 0.0380. The molecular formula is C24H43N3O3. The summed E-state index contributed by atoms with van der Waals surface area (Å²) in [5.74, 6) is 1.09. The van der Waals surface area contributed by atoms with Gasteiger partial charge in [0.1, 0.15) is 11.5 Å². The minimum Gasteiger partial charge on any atom is -0.367 e. The third-order valence-corrected chi connectivity index (χ3v) is 5.20. The lowest BCUT2D eigenvalue weighted by molar-refractivity contribution is -0.188. The van der Waals surface area contributed by atoms with Crippen molar-refractivity contribution in [2.45, 2.75) is 98.2 Å². The van der Waals surface area contributed by atoms with Crippen LogP contribution in [0, 0.1) is 0 Å². The summed E-state index contributed by atoms with van der Waals surface area (Å²) in [6.45, 7) is 12.5. The van der Waals surface area contributed by atoms with Gasteiger partial charge in [0.15, 0.2) is 12.6 Å². The smallest absolute Gasteiger partial charge is 0.168 e. The predicted octanol–water partition coefficient (Wildman–Crippen LogP) is 6.22. The Morgan fingerprint density at radius 1 is 1.17 bits per heavy atom. The van der Waals surface area contributed by atoms with Gasteiger partial charge in [-0.1, -0.05) is 60.5 Å². The van der Waals surface area contributed by atoms with Gasteiger partial charge in [-0.25, -0.2) is 4.98 Å². The van der Waals surface area contributed by atoms with E-state index in [1.807, 2.05) is 45.9 Å². The number of hydrogen-bond donors (Lipinski definition) is 1. The van der Waals surface area contributed by atoms with Gasteiger partial charge in [0.2, 0.25) is 0 Å². The molecule has 1 aliphatic heterocycles. The Balaban J connectivity index is 0.00000106. The van der Waals surface area contributed by atoms with E-state index < -0.39 is 0 Å². The van der Waals surface area contributed by atoms with Crippen molar-refractivity contribution in [3.63, 3.8) is 0 Å². The molecule has 0 aliphatic carbocycles. The third-order valence-electron chi connectivity index (χ3n) is 5.20. The van der Waals surface area contributed by atoms with E-state index in [4.69, 9.17) is 19.2 Å². The molecule has 2 aromatic rings. The maximum atomic E-state index is 5.85. The Morgan fingerprint density at radius 3 is 2.50 bits per heavy atom. The van der Waals surface area contributed by atoms with Crippen molar-refractivity contribution in [1.82, 2.24) is 9.38 Å². The first-order valence-corrected chi connectivity index (χ1v) is 11.7. The molecule has 0 radical (unpaired) electrons. The SMILES string of the molecule is CC.CC.CCCCC(CC)Nc1c(C2CC(OC)OC2OC)nc2ccccn12. The lowest BCUT2D eigenvalue weighted by atomic mass is 10.0. The van der Waals surface area contributed by atoms with Crippen LogP contribution in [0.25, 0.3) is 5.65 Å². The molecule has 30 heavy (non-hydrogen) atoms. The molecule has 172 valence electrons. The van der Waals surface area contributed by atoms with Crippen molar-refractivity contribution in [2.75, 3.05) is 19.5 Å². The molecule has 3 rings (SSSR count). The van der Waals surface area contributed by atoms with E-state index in [-0.39, 0.29) is 18.5 Å². The Kier molecular flexibility index (Phi) is 12.7. The first-order chi connectivity index (χ1) is 14.7. The van der Waals surface area contributed by atoms with Crippen molar-refractivity contribution in [2.24, 2.45) is 0 Å². The van der Waals surface area contributed by atoms with Crippen LogP contribution < -0.4 is 5.32 Å². The summed E-state index contributed by atoms with van der Waals surface area (Å²) < 4.78 is 19.0. The standard InChI is InChI=1S/C20H31N3O3.2C2H6/c1-5-7-10-14(6-2)21-19-18(22-16-11-8-9-12-23(16)19)15-13-17(24-3)26-20(15)25-4;2*1-2/h8-9,11-12,14-15,17,20-21H,5-7,10,13H2,1-4H3;2*1-2H3. The van der Waals surface area contributed by atoms with Gasteiger partial charge in [0, 0.05) is 32.9 Å². The Hall–Kier alpha value is -1.63. The molecular weight excluding hydrogens is 378 g/mol. The number of unbranched alkanes of at least 4 members (excludes halogenated alkanes) is 1. The van der Waals surface area contributed by atoms with Gasteiger partial charge in [0.05, 0.1) is 11.6 Å². The van der Waals surface area contributed by atoms with Crippen LogP contribution in [0.1, 0.15) is 85.3 Å². The summed E-state index contributed by atoms with van der Waals surface area (Å²) in [6, 6.07) is 6.51. The van der Waals surface area contributed by atoms with E-state index in [2.05, 4.69) is 29.8 Å². The Morgan fingerprint density at radius 2 is 1.90 bits per heavy atom. The fourth-order valence-corrected chi connectivity index (χ4v) is 3.67. The highest BCUT2D eigenvalue weighted by atomic mass is 16.8. The number of ether oxygens (including phenoxy) is 3. The van der Waals surface area contributed by atoms with Crippen LogP contribution >= 0.6 is 0 Å². The van der Waals surface area contributed by atoms with Crippen molar-refractivity contribution >= 4 is 11.5 Å². The molecule has 0 spiro atoms. The summed E-state index contributed by atoms with van der Waals surface area (Å²) in [5, 5.41) is 3.76. The van der Waals surface area contributed by atoms with E-state index in [0.29, 0.717) is 6.04 Å². The predicted molar refractivity (Wildman–Crippen MR) is 125 cm³/mol. The van der Waals surface area contributed by atoms with E-state index in [1.54, 1.807) is 14.2 Å². The second kappa shape index (κ2) is 14.4. The molecule has 0 saturated carbocycles. The van der Waals surface area contributed by atoms with Crippen LogP contribution in [0.5, 0.6) is 0 Å². The van der Waals surface area contributed by atoms with Gasteiger partial charge in [-0.05, 0) is 25.0 Å². The second-order valence-electron chi connectivity index (χ2n) is 6.91. The number of aromatic nitrogens is 2. The quantitative estimate of drug-likeness (QED) is 0.521. The van der Waals surface area contributed by atoms with Crippen LogP contribution in [0.15, 0.2) is 24.4 Å². The highest BCUT2D eigenvalue weighted by Gasteiger charge is 2.40. The van der Waals surface area contributed by atoms with Crippen LogP contribution in [0.3, 0.4) is 0 Å². The number of rotatable bonds is 9. The summed E-state index contributed by atoms with van der Waals surface area (Å²) in [7, 11) is 3.34. The summed E-state index contributed by atoms with van der Waals surface area (Å²) in [6.07, 6.45) is 6.85. The normalized spacial score (nSPS) is 21.4. The van der Waals surface area contributed by atoms with E-state index in [9.17, 15) is 0 Å². The molecule has 0 aromatic carbocycles. The van der Waals surface area contributed by atoms with Crippen LogP contribution in [0.2, 0.25) is 0 Å². The summed E-state index contributed by atoms with van der Waals surface area (Å²) in [5.41, 5.74) is 1.93. The minimum atomic E-state index is -0.346. The second-order valence-corrected chi connectivity index (χ2v) is 6.91. The molecule has 6 heteroatoms. The molecule has 0 amide bonds. The average molecular weight is 422 g/mol. The zero-order chi connectivity index (χ0) is 22.5. The summed E-state index contributed by atoms with van der Waals surface area (Å²) >= 11 is 0. The van der Waals surface area contributed by atoms with E-state index in [0.717, 1.165) is 36.4 Å². The average Bonchev–Trinajstić information content (AvgIpc) is 3.40. The number of anilines is 1. The number of nitrogens with zero attached hydrogens (tertiary/aromatic N) is 2. The molecule has 1 aliphatic rings. The van der Waals surface area contributed by atoms with Gasteiger partial charge in [-0.15, -0.1) is 0 Å². The third kappa shape index (κ3) is 6.43. The van der Waals surface area contributed by atoms with Crippen molar-refractivity contribution < 1.29 is 14.2 Å². The van der Waals surface area contributed by atoms with Gasteiger partial charge in [0.25, 0.3) is 0 Å². The van der Waals surface area contributed by atoms with Gasteiger partial charge in [-0.2, -0.15) is 0 Å². The molecule has 1 saturated heterocycles. The molecule has 0 bridgehead atoms. The molecule has 1 fully saturated rings. The highest BCUT2D eigenvalue weighted by molar-refractivity contribution is 5.57. The van der Waals surface area contributed by atoms with Crippen molar-refractivity contribution in [3.05, 3.63) is 30.1 Å². The van der Waals surface area contributed by atoms with Crippen LogP contribution in [-0.2, 0) is 14.2 Å². The maximum Gasteiger partial charge on any atom is 0.168 e. The first-order valence-electron chi connectivity index (χ1n) is 11.7. The molecule has 2 aromatic heterocycles. The number of methoxy groups -OCH3 is 2. The Labute approximate surface area is 183 Å². The number of pyridine rings is 1. The van der Waals surface area contributed by atoms with Gasteiger partial charge >= 0.3 is 0 Å². The molecule has 1 N–H and O–H groups in total. The monoisotopic (exact) mass is 421 g/mol. The number of hydrogen-bond acceptors (Lipinski definition) is 5. The van der Waals surface area contributed by atoms with Crippen LogP contribution in [0.4, 0.5) is 5.82 Å². The Bertz CT molecular complexity index is 704. The number of nitrogens with one attached hydrogen (secondary N) is 1. The van der Waals surface area contributed by atoms with Crippen molar-refractivity contribution in [1.29, 1.82) is 0 Å². The molecule has 6 nitrogen and oxygen atoms in total. The fourth-order valence-electron chi connectivity index (χ4n) is 3.67. The van der Waals surface area contributed by atoms with Gasteiger partial charge in [-0.3, -0.25) is 4.40 Å². The molecule has 4 atom stereocenters. The number of imidazole rings is 1. The largest absolute Gasteiger partial charge is 0.367 e. The lowest BCUT2D eigenvalue weighted by Crippen LogP contribution is -2.23. The zero-order valence-electron chi connectivity index (χ0n) is 20.3. The molecule has 4 unspecified atom stereocenters. The zero-order valence-corrected chi connectivity index (χ0v) is 20.3. The topological polar surface area (TPSA) is 57.0 Å². The molecule has 3 heterocycles. The van der Waals surface area contributed by atoms with E-state index in [1.165, 1.54) is 12.8 Å². The fraction of sp³-hybridized carbons (Fsp3) is 0.708. The van der Waals surface area contributed by atoms with Crippen molar-refractivity contribution in [3.8, 4) is 0 Å². The van der Waals surface area contributed by atoms with E-state index >= 15 is 0 Å². The lowest BCUT2D eigenvalue weighted by Gasteiger charge is -2.21. The summed E-state index contributed by atoms with van der Waals surface area (Å²) in [4.78, 5) is 4.91. The van der Waals surface area contributed by atoms with Gasteiger partial charge < -0.3 is 19.5 Å². The highest BCUT2D eigenvalue weighted by Crippen LogP contribution is 2.39. The first kappa shape index (κ1) is 26.4. The maximum absolute atomic E-state index is 5.85. The number of fused-ring (bicyclic) bond motifs is 1. The van der Waals surface area contributed by atoms with Crippen LogP contribution in [-0.4, -0.2) is 42.2 Å².